The van der Waals surface area contributed by atoms with Crippen LogP contribution in [-0.4, -0.2) is 31.8 Å². The van der Waals surface area contributed by atoms with Crippen LogP contribution in [0.15, 0.2) is 42.5 Å². The zero-order valence-electron chi connectivity index (χ0n) is 18.8. The molecule has 0 radical (unpaired) electrons. The maximum absolute atomic E-state index is 12.4. The molecule has 0 unspecified atom stereocenters. The van der Waals surface area contributed by atoms with E-state index >= 15 is 0 Å². The van der Waals surface area contributed by atoms with Crippen molar-refractivity contribution in [2.75, 3.05) is 21.3 Å². The number of methoxy groups -OCH3 is 3. The second-order valence-electron chi connectivity index (χ2n) is 7.32. The molecule has 3 rings (SSSR count). The number of nitrogens with two attached hydrogens (primary N) is 1. The molecule has 0 aliphatic carbocycles. The Kier molecular flexibility index (Phi) is 6.90. The van der Waals surface area contributed by atoms with Crippen molar-refractivity contribution in [3.63, 3.8) is 0 Å². The summed E-state index contributed by atoms with van der Waals surface area (Å²) in [7, 11) is 4.89. The average molecular weight is 423 g/mol. The molecule has 6 nitrogen and oxygen atoms in total. The number of primary amides is 1. The smallest absolute Gasteiger partial charge is 0.251 e. The first-order valence-corrected chi connectivity index (χ1v) is 10.3. The van der Waals surface area contributed by atoms with Crippen LogP contribution in [0.4, 0.5) is 0 Å². The van der Waals surface area contributed by atoms with Gasteiger partial charge < -0.3 is 24.5 Å². The first-order chi connectivity index (χ1) is 14.9. The van der Waals surface area contributed by atoms with Gasteiger partial charge in [-0.15, -0.1) is 0 Å². The van der Waals surface area contributed by atoms with Crippen molar-refractivity contribution < 1.29 is 19.0 Å². The largest absolute Gasteiger partial charge is 0.497 e. The third-order valence-corrected chi connectivity index (χ3v) is 5.66. The Balaban J connectivity index is 2.01. The maximum Gasteiger partial charge on any atom is 0.251 e. The minimum absolute atomic E-state index is 0.414. The van der Waals surface area contributed by atoms with Crippen molar-refractivity contribution in [2.45, 2.75) is 33.2 Å². The van der Waals surface area contributed by atoms with E-state index in [0.717, 1.165) is 53.2 Å². The van der Waals surface area contributed by atoms with Gasteiger partial charge in [-0.2, -0.15) is 0 Å². The van der Waals surface area contributed by atoms with Crippen molar-refractivity contribution in [2.24, 2.45) is 5.73 Å². The average Bonchev–Trinajstić information content (AvgIpc) is 3.08. The third-order valence-electron chi connectivity index (χ3n) is 5.66. The van der Waals surface area contributed by atoms with E-state index < -0.39 is 5.91 Å². The molecule has 164 valence electrons. The van der Waals surface area contributed by atoms with E-state index in [0.29, 0.717) is 17.1 Å². The number of hydrogen-bond acceptors (Lipinski definition) is 4. The van der Waals surface area contributed by atoms with Gasteiger partial charge >= 0.3 is 0 Å². The van der Waals surface area contributed by atoms with Gasteiger partial charge in [0.15, 0.2) is 11.5 Å². The Hall–Kier alpha value is -3.41. The Labute approximate surface area is 183 Å². The summed E-state index contributed by atoms with van der Waals surface area (Å²) in [5.74, 6) is 1.77. The minimum Gasteiger partial charge on any atom is -0.497 e. The molecule has 0 aliphatic rings. The van der Waals surface area contributed by atoms with E-state index in [4.69, 9.17) is 19.9 Å². The summed E-state index contributed by atoms with van der Waals surface area (Å²) in [6.07, 6.45) is 1.56. The summed E-state index contributed by atoms with van der Waals surface area (Å²) in [5, 5.41) is 0. The second-order valence-corrected chi connectivity index (χ2v) is 7.32. The topological polar surface area (TPSA) is 75.7 Å². The number of amides is 1. The van der Waals surface area contributed by atoms with Gasteiger partial charge in [0.1, 0.15) is 5.75 Å². The SMILES string of the molecule is CCc1c(-c2ccc(OC)cc2)c(C(N)=O)c(C)n1CCc1ccc(OC)c(OC)c1. The second kappa shape index (κ2) is 9.60. The summed E-state index contributed by atoms with van der Waals surface area (Å²) in [5.41, 5.74) is 11.4. The predicted octanol–water partition coefficient (Wildman–Crippen LogP) is 4.39. The van der Waals surface area contributed by atoms with Crippen LogP contribution < -0.4 is 19.9 Å². The van der Waals surface area contributed by atoms with E-state index in [1.165, 1.54) is 0 Å². The Morgan fingerprint density at radius 2 is 1.65 bits per heavy atom. The van der Waals surface area contributed by atoms with Crippen LogP contribution >= 0.6 is 0 Å². The molecule has 6 heteroatoms. The van der Waals surface area contributed by atoms with Crippen LogP contribution in [0, 0.1) is 6.92 Å². The molecule has 31 heavy (non-hydrogen) atoms. The summed E-state index contributed by atoms with van der Waals surface area (Å²) >= 11 is 0. The number of hydrogen-bond donors (Lipinski definition) is 1. The van der Waals surface area contributed by atoms with Gasteiger partial charge in [-0.3, -0.25) is 4.79 Å². The molecule has 1 amide bonds. The van der Waals surface area contributed by atoms with Gasteiger partial charge in [-0.1, -0.05) is 25.1 Å². The molecule has 3 aromatic rings. The molecule has 0 bridgehead atoms. The number of carbonyl (C=O) groups is 1. The molecule has 0 spiro atoms. The zero-order valence-corrected chi connectivity index (χ0v) is 18.8. The highest BCUT2D eigenvalue weighted by Crippen LogP contribution is 2.35. The summed E-state index contributed by atoms with van der Waals surface area (Å²) in [6, 6.07) is 13.7. The monoisotopic (exact) mass is 422 g/mol. The van der Waals surface area contributed by atoms with Crippen molar-refractivity contribution in [3.8, 4) is 28.4 Å². The van der Waals surface area contributed by atoms with E-state index in [-0.39, 0.29) is 0 Å². The molecular formula is C25H30N2O4. The Morgan fingerprint density at radius 3 is 2.19 bits per heavy atom. The Bertz CT molecular complexity index is 1070. The number of benzene rings is 2. The lowest BCUT2D eigenvalue weighted by atomic mass is 9.98. The van der Waals surface area contributed by atoms with Crippen LogP contribution in [-0.2, 0) is 19.4 Å². The standard InChI is InChI=1S/C25H30N2O4/c1-6-20-24(18-8-10-19(29-3)11-9-18)23(25(26)28)16(2)27(20)14-13-17-7-12-21(30-4)22(15-17)31-5/h7-12,15H,6,13-14H2,1-5H3,(H2,26,28). The molecule has 0 atom stereocenters. The van der Waals surface area contributed by atoms with Crippen LogP contribution in [0.3, 0.4) is 0 Å². The first kappa shape index (κ1) is 22.3. The first-order valence-electron chi connectivity index (χ1n) is 10.3. The number of ether oxygens (including phenoxy) is 3. The lowest BCUT2D eigenvalue weighted by molar-refractivity contribution is 0.1000. The van der Waals surface area contributed by atoms with Crippen LogP contribution in [0.25, 0.3) is 11.1 Å². The van der Waals surface area contributed by atoms with E-state index in [1.807, 2.05) is 49.4 Å². The molecule has 0 aliphatic heterocycles. The molecule has 1 heterocycles. The number of rotatable bonds is 9. The number of aromatic nitrogens is 1. The number of nitrogens with zero attached hydrogens (tertiary/aromatic N) is 1. The highest BCUT2D eigenvalue weighted by molar-refractivity contribution is 6.02. The zero-order chi connectivity index (χ0) is 22.5. The van der Waals surface area contributed by atoms with Crippen LogP contribution in [0.5, 0.6) is 17.2 Å². The molecule has 0 saturated heterocycles. The third kappa shape index (κ3) is 4.38. The fraction of sp³-hybridized carbons (Fsp3) is 0.320. The predicted molar refractivity (Wildman–Crippen MR) is 122 cm³/mol. The van der Waals surface area contributed by atoms with E-state index in [2.05, 4.69) is 11.5 Å². The lowest BCUT2D eigenvalue weighted by Gasteiger charge is -2.13. The molecule has 2 N–H and O–H groups in total. The van der Waals surface area contributed by atoms with Gasteiger partial charge in [0.25, 0.3) is 5.91 Å². The van der Waals surface area contributed by atoms with E-state index in [1.54, 1.807) is 21.3 Å². The number of aryl methyl sites for hydroxylation is 1. The molecule has 2 aromatic carbocycles. The summed E-state index contributed by atoms with van der Waals surface area (Å²) in [4.78, 5) is 12.4. The van der Waals surface area contributed by atoms with Gasteiger partial charge in [-0.25, -0.2) is 0 Å². The van der Waals surface area contributed by atoms with Crippen molar-refractivity contribution >= 4 is 5.91 Å². The quantitative estimate of drug-likeness (QED) is 0.555. The molecule has 0 saturated carbocycles. The van der Waals surface area contributed by atoms with Gasteiger partial charge in [0.2, 0.25) is 0 Å². The fourth-order valence-electron chi connectivity index (χ4n) is 4.12. The normalized spacial score (nSPS) is 10.7. The van der Waals surface area contributed by atoms with Gasteiger partial charge in [0.05, 0.1) is 26.9 Å². The van der Waals surface area contributed by atoms with Crippen molar-refractivity contribution in [3.05, 3.63) is 65.0 Å². The molecule has 1 aromatic heterocycles. The number of carbonyl (C=O) groups excluding carboxylic acids is 1. The van der Waals surface area contributed by atoms with Crippen molar-refractivity contribution in [1.82, 2.24) is 4.57 Å². The molecular weight excluding hydrogens is 392 g/mol. The van der Waals surface area contributed by atoms with Crippen molar-refractivity contribution in [1.29, 1.82) is 0 Å². The summed E-state index contributed by atoms with van der Waals surface area (Å²) < 4.78 is 18.2. The fourth-order valence-corrected chi connectivity index (χ4v) is 4.12. The minimum atomic E-state index is -0.414. The van der Waals surface area contributed by atoms with Crippen LogP contribution in [0.1, 0.15) is 34.2 Å². The Morgan fingerprint density at radius 1 is 0.968 bits per heavy atom. The molecule has 0 fully saturated rings. The van der Waals surface area contributed by atoms with Gasteiger partial charge in [0, 0.05) is 23.5 Å². The lowest BCUT2D eigenvalue weighted by Crippen LogP contribution is -2.14. The van der Waals surface area contributed by atoms with E-state index in [9.17, 15) is 4.79 Å². The highest BCUT2D eigenvalue weighted by Gasteiger charge is 2.24. The highest BCUT2D eigenvalue weighted by atomic mass is 16.5. The van der Waals surface area contributed by atoms with Crippen LogP contribution in [0.2, 0.25) is 0 Å². The summed E-state index contributed by atoms with van der Waals surface area (Å²) in [6.45, 7) is 4.78. The van der Waals surface area contributed by atoms with Gasteiger partial charge in [-0.05, 0) is 55.2 Å². The maximum atomic E-state index is 12.4.